The molecule has 0 atom stereocenters. The van der Waals surface area contributed by atoms with Crippen molar-refractivity contribution in [1.29, 1.82) is 0 Å². The molecule has 1 aliphatic carbocycles. The van der Waals surface area contributed by atoms with E-state index in [1.165, 1.54) is 249 Å². The van der Waals surface area contributed by atoms with Crippen molar-refractivity contribution in [3.05, 3.63) is 515 Å². The second-order valence-corrected chi connectivity index (χ2v) is 41.0. The third kappa shape index (κ3) is 13.0. The van der Waals surface area contributed by atoms with Crippen LogP contribution >= 0.6 is 11.3 Å². The monoisotopic (exact) mass is 1870 g/mol. The van der Waals surface area contributed by atoms with Gasteiger partial charge in [0.2, 0.25) is 0 Å². The van der Waals surface area contributed by atoms with E-state index in [0.717, 1.165) is 50.1 Å². The van der Waals surface area contributed by atoms with E-state index in [9.17, 15) is 0 Å². The Morgan fingerprint density at radius 2 is 0.459 bits per heavy atom. The van der Waals surface area contributed by atoms with Crippen LogP contribution in [0.15, 0.2) is 508 Å². The molecule has 26 aromatic carbocycles. The quantitative estimate of drug-likeness (QED) is 0.139. The van der Waals surface area contributed by atoms with Crippen molar-refractivity contribution in [2.75, 3.05) is 0 Å². The standard InChI is InChI=1S/C51H35N.C48H29NS.C42H25NO/c1-51(2)47-20-9-7-18-42(47)45-30-34(23-26-48(45)51)35-24-27-50-46(31-35)43-19-8-10-21-49(43)52(50)36-13-11-12-32(28-36)33-22-25-41-39-16-4-3-14-37(39)38-15-5-6-17-40(38)44(41)29-33;1-2-14-37-35(12-1)36-13-3-4-15-38(36)42-27-31(20-23-39(37)42)30-10-9-11-34(26-30)49-45-18-7-5-16-40(45)43-28-32(21-24-46(43)49)33-22-25-48-44(29-33)41-17-6-8-19-47(41)50-48;1-2-12-31-29(10-1)30-11-3-4-13-32(30)37-25-27(21-22-33(31)37)43-39-18-7-5-14-34(39)38-24-26(20-23-40(38)43)28-16-9-17-36-35-15-6-8-19-41(35)44-42(28)36/h3-31H,1-2H3;1-29H;1-25H. The fourth-order valence-corrected chi connectivity index (χ4v) is 26.0. The van der Waals surface area contributed by atoms with Gasteiger partial charge in [-0.25, -0.2) is 0 Å². The summed E-state index contributed by atoms with van der Waals surface area (Å²) in [4.78, 5) is 0. The molecule has 0 aliphatic heterocycles. The summed E-state index contributed by atoms with van der Waals surface area (Å²) in [7, 11) is 0. The largest absolute Gasteiger partial charge is 0.455 e. The summed E-state index contributed by atoms with van der Waals surface area (Å²) in [6, 6.07) is 185. The number of fused-ring (bicyclic) bond motifs is 36. The lowest BCUT2D eigenvalue weighted by Gasteiger charge is -2.21. The normalized spacial score (nSPS) is 12.5. The Labute approximate surface area is 845 Å². The average Bonchev–Trinajstić information content (AvgIpc) is 1.40. The minimum atomic E-state index is 0.00534. The maximum absolute atomic E-state index is 6.41. The number of furan rings is 1. The van der Waals surface area contributed by atoms with E-state index < -0.39 is 0 Å². The van der Waals surface area contributed by atoms with E-state index in [1.807, 2.05) is 23.5 Å². The zero-order chi connectivity index (χ0) is 96.1. The Hall–Kier alpha value is -18.5. The third-order valence-corrected chi connectivity index (χ3v) is 32.9. The van der Waals surface area contributed by atoms with Gasteiger partial charge in [-0.3, -0.25) is 0 Å². The summed E-state index contributed by atoms with van der Waals surface area (Å²) < 4.78 is 16.4. The first-order chi connectivity index (χ1) is 72.2. The molecule has 0 unspecified atom stereocenters. The molecule has 146 heavy (non-hydrogen) atoms. The summed E-state index contributed by atoms with van der Waals surface area (Å²) in [5.41, 5.74) is 30.2. The van der Waals surface area contributed by atoms with Crippen LogP contribution in [0.2, 0.25) is 0 Å². The van der Waals surface area contributed by atoms with Gasteiger partial charge >= 0.3 is 0 Å². The van der Waals surface area contributed by atoms with E-state index in [2.05, 4.69) is 519 Å². The minimum absolute atomic E-state index is 0.00534. The van der Waals surface area contributed by atoms with E-state index in [-0.39, 0.29) is 5.41 Å². The lowest BCUT2D eigenvalue weighted by molar-refractivity contribution is 0.660. The Balaban J connectivity index is 0.000000102. The topological polar surface area (TPSA) is 27.9 Å². The molecule has 0 radical (unpaired) electrons. The molecule has 5 heteroatoms. The molecular weight excluding hydrogens is 1780 g/mol. The molecule has 5 aromatic heterocycles. The van der Waals surface area contributed by atoms with Gasteiger partial charge in [-0.1, -0.05) is 384 Å². The van der Waals surface area contributed by atoms with Crippen molar-refractivity contribution >= 4 is 216 Å². The lowest BCUT2D eigenvalue weighted by atomic mass is 9.82. The second kappa shape index (κ2) is 32.8. The minimum Gasteiger partial charge on any atom is -0.455 e. The van der Waals surface area contributed by atoms with Gasteiger partial charge in [-0.05, 0) is 303 Å². The zero-order valence-electron chi connectivity index (χ0n) is 80.1. The Morgan fingerprint density at radius 1 is 0.164 bits per heavy atom. The van der Waals surface area contributed by atoms with Gasteiger partial charge in [-0.2, -0.15) is 0 Å². The van der Waals surface area contributed by atoms with Crippen LogP contribution in [0.3, 0.4) is 0 Å². The fourth-order valence-electron chi connectivity index (χ4n) is 24.9. The van der Waals surface area contributed by atoms with Crippen LogP contribution in [0.4, 0.5) is 0 Å². The highest BCUT2D eigenvalue weighted by molar-refractivity contribution is 7.25. The Bertz CT molecular complexity index is 10900. The average molecular weight is 1870 g/mol. The molecule has 0 N–H and O–H groups in total. The first-order valence-electron chi connectivity index (χ1n) is 50.5. The van der Waals surface area contributed by atoms with Crippen molar-refractivity contribution in [3.63, 3.8) is 0 Å². The van der Waals surface area contributed by atoms with Gasteiger partial charge in [0.1, 0.15) is 11.2 Å². The summed E-state index contributed by atoms with van der Waals surface area (Å²) >= 11 is 1.87. The molecule has 32 rings (SSSR count). The van der Waals surface area contributed by atoms with Crippen molar-refractivity contribution in [3.8, 4) is 83.8 Å². The number of benzene rings is 26. The van der Waals surface area contributed by atoms with Gasteiger partial charge in [-0.15, -0.1) is 11.3 Å². The molecule has 0 spiro atoms. The SMILES string of the molecule is CC1(C)c2ccccc2-c2cc(-c3ccc4c(c3)c3ccccc3n4-c3cccc(-c4ccc5c6ccccc6c6ccccc6c5c4)c3)ccc21.c1cc(-c2ccc3c4ccccc4c4ccccc4c3c2)cc(-n2c3ccccc3c3cc(-c4ccc5sc6ccccc6c5c4)ccc32)c1.c1ccc2c(c1)oc1c(-c3ccc4c(c3)c3ccccc3n4-c3ccc4c5ccccc5c5ccccc5c4c3)cccc12. The van der Waals surface area contributed by atoms with Crippen LogP contribution in [0.1, 0.15) is 25.0 Å². The van der Waals surface area contributed by atoms with E-state index in [1.54, 1.807) is 0 Å². The summed E-state index contributed by atoms with van der Waals surface area (Å²) in [6.07, 6.45) is 0. The lowest BCUT2D eigenvalue weighted by Crippen LogP contribution is -2.14. The third-order valence-electron chi connectivity index (χ3n) is 31.7. The molecule has 0 amide bonds. The number of nitrogens with zero attached hydrogens (tertiary/aromatic N) is 3. The summed E-state index contributed by atoms with van der Waals surface area (Å²) in [5, 5.41) is 35.8. The number of thiophene rings is 1. The number of hydrogen-bond acceptors (Lipinski definition) is 2. The molecule has 0 bridgehead atoms. The van der Waals surface area contributed by atoms with Crippen molar-refractivity contribution < 1.29 is 4.42 Å². The first-order valence-corrected chi connectivity index (χ1v) is 51.4. The number of para-hydroxylation sites is 5. The van der Waals surface area contributed by atoms with Crippen LogP contribution in [-0.2, 0) is 5.41 Å². The van der Waals surface area contributed by atoms with Crippen LogP contribution in [0.25, 0.3) is 288 Å². The predicted molar refractivity (Wildman–Crippen MR) is 625 cm³/mol. The molecular formula is C141H89N3OS. The highest BCUT2D eigenvalue weighted by atomic mass is 32.1. The fraction of sp³-hybridized carbons (Fsp3) is 0.0213. The van der Waals surface area contributed by atoms with E-state index in [0.29, 0.717) is 0 Å². The molecule has 0 saturated heterocycles. The number of hydrogen-bond donors (Lipinski definition) is 0. The number of aromatic nitrogens is 3. The molecule has 680 valence electrons. The summed E-state index contributed by atoms with van der Waals surface area (Å²) in [6.45, 7) is 4.69. The zero-order valence-corrected chi connectivity index (χ0v) is 80.9. The Kier molecular flexibility index (Phi) is 18.7. The molecule has 5 heterocycles. The highest BCUT2D eigenvalue weighted by Crippen LogP contribution is 2.52. The van der Waals surface area contributed by atoms with Crippen molar-refractivity contribution in [2.45, 2.75) is 19.3 Å². The van der Waals surface area contributed by atoms with Crippen molar-refractivity contribution in [2.24, 2.45) is 0 Å². The predicted octanol–water partition coefficient (Wildman–Crippen LogP) is 39.6. The van der Waals surface area contributed by atoms with Crippen molar-refractivity contribution in [1.82, 2.24) is 13.7 Å². The smallest absolute Gasteiger partial charge is 0.143 e. The van der Waals surface area contributed by atoms with E-state index in [4.69, 9.17) is 4.42 Å². The van der Waals surface area contributed by atoms with Gasteiger partial charge in [0.15, 0.2) is 0 Å². The molecule has 0 saturated carbocycles. The molecule has 1 aliphatic rings. The van der Waals surface area contributed by atoms with E-state index >= 15 is 0 Å². The highest BCUT2D eigenvalue weighted by Gasteiger charge is 2.36. The summed E-state index contributed by atoms with van der Waals surface area (Å²) in [5.74, 6) is 0. The Morgan fingerprint density at radius 3 is 0.945 bits per heavy atom. The molecule has 0 fully saturated rings. The second-order valence-electron chi connectivity index (χ2n) is 39.9. The van der Waals surface area contributed by atoms with Gasteiger partial charge in [0.05, 0.1) is 33.1 Å². The maximum atomic E-state index is 6.41. The van der Waals surface area contributed by atoms with Gasteiger partial charge < -0.3 is 18.1 Å². The van der Waals surface area contributed by atoms with Crippen LogP contribution in [0, 0.1) is 0 Å². The van der Waals surface area contributed by atoms with Gasteiger partial charge in [0.25, 0.3) is 0 Å². The first kappa shape index (κ1) is 83.3. The number of rotatable bonds is 8. The van der Waals surface area contributed by atoms with Crippen LogP contribution < -0.4 is 0 Å². The molecule has 4 nitrogen and oxygen atoms in total. The maximum Gasteiger partial charge on any atom is 0.143 e. The van der Waals surface area contributed by atoms with Crippen LogP contribution in [-0.4, -0.2) is 13.7 Å². The van der Waals surface area contributed by atoms with Gasteiger partial charge in [0, 0.05) is 91.3 Å². The molecule has 31 aromatic rings. The van der Waals surface area contributed by atoms with Crippen LogP contribution in [0.5, 0.6) is 0 Å².